The van der Waals surface area contributed by atoms with Crippen molar-refractivity contribution in [1.29, 1.82) is 0 Å². The van der Waals surface area contributed by atoms with E-state index >= 15 is 0 Å². The molecule has 1 heteroatoms. The predicted molar refractivity (Wildman–Crippen MR) is 61.0 cm³/mol. The van der Waals surface area contributed by atoms with E-state index in [1.54, 1.807) is 0 Å². The Balaban J connectivity index is 4.16. The maximum absolute atomic E-state index is 4.08. The van der Waals surface area contributed by atoms with Crippen molar-refractivity contribution in [1.82, 2.24) is 4.90 Å². The Morgan fingerprint density at radius 1 is 1.46 bits per heavy atom. The van der Waals surface area contributed by atoms with Gasteiger partial charge >= 0.3 is 0 Å². The zero-order valence-corrected chi connectivity index (χ0v) is 9.34. The van der Waals surface area contributed by atoms with Crippen molar-refractivity contribution in [3.8, 4) is 0 Å². The fourth-order valence-corrected chi connectivity index (χ4v) is 1.45. The maximum Gasteiger partial charge on any atom is 0.0279 e. The minimum atomic E-state index is 0.489. The SMILES string of the molecule is C=CCN(CCC)C(C)C(=C)CC. The van der Waals surface area contributed by atoms with Gasteiger partial charge in [-0.25, -0.2) is 0 Å². The Labute approximate surface area is 83.1 Å². The number of hydrogen-bond acceptors (Lipinski definition) is 1. The van der Waals surface area contributed by atoms with Crippen LogP contribution in [0.4, 0.5) is 0 Å². The van der Waals surface area contributed by atoms with Crippen molar-refractivity contribution in [3.05, 3.63) is 24.8 Å². The van der Waals surface area contributed by atoms with Crippen LogP contribution in [-0.2, 0) is 0 Å². The van der Waals surface area contributed by atoms with Crippen molar-refractivity contribution in [2.75, 3.05) is 13.1 Å². The van der Waals surface area contributed by atoms with Crippen molar-refractivity contribution in [2.45, 2.75) is 39.7 Å². The highest BCUT2D eigenvalue weighted by molar-refractivity contribution is 5.04. The molecule has 0 radical (unpaired) electrons. The minimum absolute atomic E-state index is 0.489. The fourth-order valence-electron chi connectivity index (χ4n) is 1.45. The molecule has 0 heterocycles. The molecule has 0 saturated carbocycles. The topological polar surface area (TPSA) is 3.24 Å². The summed E-state index contributed by atoms with van der Waals surface area (Å²) >= 11 is 0. The molecule has 0 aromatic carbocycles. The van der Waals surface area contributed by atoms with E-state index < -0.39 is 0 Å². The summed E-state index contributed by atoms with van der Waals surface area (Å²) in [6.45, 7) is 16.6. The van der Waals surface area contributed by atoms with Crippen molar-refractivity contribution >= 4 is 0 Å². The van der Waals surface area contributed by atoms with Gasteiger partial charge in [-0.1, -0.05) is 32.1 Å². The number of nitrogens with zero attached hydrogens (tertiary/aromatic N) is 1. The summed E-state index contributed by atoms with van der Waals surface area (Å²) in [6, 6.07) is 0.489. The molecule has 0 fully saturated rings. The van der Waals surface area contributed by atoms with Gasteiger partial charge < -0.3 is 0 Å². The van der Waals surface area contributed by atoms with Gasteiger partial charge in [-0.3, -0.25) is 4.90 Å². The molecule has 0 aliphatic carbocycles. The normalized spacial score (nSPS) is 12.9. The Morgan fingerprint density at radius 3 is 2.46 bits per heavy atom. The Morgan fingerprint density at radius 2 is 2.08 bits per heavy atom. The summed E-state index contributed by atoms with van der Waals surface area (Å²) < 4.78 is 0. The van der Waals surface area contributed by atoms with Gasteiger partial charge in [0.1, 0.15) is 0 Å². The summed E-state index contributed by atoms with van der Waals surface area (Å²) in [4.78, 5) is 2.42. The van der Waals surface area contributed by atoms with Gasteiger partial charge in [-0.2, -0.15) is 0 Å². The predicted octanol–water partition coefficient (Wildman–Crippen LogP) is 3.24. The van der Waals surface area contributed by atoms with E-state index in [-0.39, 0.29) is 0 Å². The molecule has 1 atom stereocenters. The molecule has 76 valence electrons. The van der Waals surface area contributed by atoms with Crippen molar-refractivity contribution in [2.24, 2.45) is 0 Å². The summed E-state index contributed by atoms with van der Waals surface area (Å²) in [5, 5.41) is 0. The highest BCUT2D eigenvalue weighted by atomic mass is 15.1. The smallest absolute Gasteiger partial charge is 0.0279 e. The molecule has 0 amide bonds. The third kappa shape index (κ3) is 4.28. The molecule has 0 aliphatic rings. The Hall–Kier alpha value is -0.560. The minimum Gasteiger partial charge on any atom is -0.293 e. The van der Waals surface area contributed by atoms with Gasteiger partial charge in [-0.05, 0) is 26.3 Å². The monoisotopic (exact) mass is 181 g/mol. The van der Waals surface area contributed by atoms with Crippen LogP contribution < -0.4 is 0 Å². The molecule has 1 unspecified atom stereocenters. The van der Waals surface area contributed by atoms with Crippen molar-refractivity contribution < 1.29 is 0 Å². The van der Waals surface area contributed by atoms with Crippen LogP contribution in [0, 0.1) is 0 Å². The molecule has 13 heavy (non-hydrogen) atoms. The molecule has 0 bridgehead atoms. The zero-order valence-electron chi connectivity index (χ0n) is 9.34. The van der Waals surface area contributed by atoms with Gasteiger partial charge in [0.05, 0.1) is 0 Å². The van der Waals surface area contributed by atoms with Gasteiger partial charge in [0.2, 0.25) is 0 Å². The highest BCUT2D eigenvalue weighted by Crippen LogP contribution is 2.11. The van der Waals surface area contributed by atoms with Crippen LogP contribution >= 0.6 is 0 Å². The Kier molecular flexibility index (Phi) is 6.61. The quantitative estimate of drug-likeness (QED) is 0.545. The molecule has 0 spiro atoms. The van der Waals surface area contributed by atoms with E-state index in [0.29, 0.717) is 6.04 Å². The van der Waals surface area contributed by atoms with E-state index in [1.165, 1.54) is 12.0 Å². The average Bonchev–Trinajstić information content (AvgIpc) is 2.15. The fraction of sp³-hybridized carbons (Fsp3) is 0.667. The largest absolute Gasteiger partial charge is 0.293 e. The van der Waals surface area contributed by atoms with E-state index in [0.717, 1.165) is 19.5 Å². The first-order chi connectivity index (χ1) is 6.17. The molecular formula is C12H23N. The second-order valence-electron chi connectivity index (χ2n) is 3.47. The molecular weight excluding hydrogens is 158 g/mol. The van der Waals surface area contributed by atoms with Crippen LogP contribution in [0.15, 0.2) is 24.8 Å². The molecule has 0 aliphatic heterocycles. The van der Waals surface area contributed by atoms with Crippen LogP contribution in [0.3, 0.4) is 0 Å². The van der Waals surface area contributed by atoms with Gasteiger partial charge in [0.25, 0.3) is 0 Å². The highest BCUT2D eigenvalue weighted by Gasteiger charge is 2.12. The number of hydrogen-bond donors (Lipinski definition) is 0. The molecule has 1 nitrogen and oxygen atoms in total. The number of rotatable bonds is 7. The van der Waals surface area contributed by atoms with Gasteiger partial charge in [0, 0.05) is 12.6 Å². The summed E-state index contributed by atoms with van der Waals surface area (Å²) in [7, 11) is 0. The molecule has 0 N–H and O–H groups in total. The second-order valence-corrected chi connectivity index (χ2v) is 3.47. The van der Waals surface area contributed by atoms with E-state index in [4.69, 9.17) is 0 Å². The van der Waals surface area contributed by atoms with Crippen LogP contribution in [0.5, 0.6) is 0 Å². The van der Waals surface area contributed by atoms with Gasteiger partial charge in [0.15, 0.2) is 0 Å². The van der Waals surface area contributed by atoms with Crippen LogP contribution in [-0.4, -0.2) is 24.0 Å². The van der Waals surface area contributed by atoms with E-state index in [2.05, 4.69) is 38.8 Å². The Bertz CT molecular complexity index is 161. The van der Waals surface area contributed by atoms with Crippen LogP contribution in [0.2, 0.25) is 0 Å². The lowest BCUT2D eigenvalue weighted by molar-refractivity contribution is 0.256. The molecule has 0 saturated heterocycles. The molecule has 0 rings (SSSR count). The first kappa shape index (κ1) is 12.4. The third-order valence-electron chi connectivity index (χ3n) is 2.47. The van der Waals surface area contributed by atoms with Crippen LogP contribution in [0.1, 0.15) is 33.6 Å². The zero-order chi connectivity index (χ0) is 10.3. The lowest BCUT2D eigenvalue weighted by atomic mass is 10.1. The summed E-state index contributed by atoms with van der Waals surface area (Å²) in [5.41, 5.74) is 1.32. The summed E-state index contributed by atoms with van der Waals surface area (Å²) in [6.07, 6.45) is 4.22. The van der Waals surface area contributed by atoms with Crippen LogP contribution in [0.25, 0.3) is 0 Å². The average molecular weight is 181 g/mol. The first-order valence-corrected chi connectivity index (χ1v) is 5.19. The first-order valence-electron chi connectivity index (χ1n) is 5.19. The van der Waals surface area contributed by atoms with Gasteiger partial charge in [-0.15, -0.1) is 6.58 Å². The molecule has 0 aromatic heterocycles. The second kappa shape index (κ2) is 6.90. The third-order valence-corrected chi connectivity index (χ3v) is 2.47. The van der Waals surface area contributed by atoms with E-state index in [1.807, 2.05) is 6.08 Å². The maximum atomic E-state index is 4.08. The van der Waals surface area contributed by atoms with E-state index in [9.17, 15) is 0 Å². The molecule has 0 aromatic rings. The lowest BCUT2D eigenvalue weighted by Crippen LogP contribution is -2.34. The van der Waals surface area contributed by atoms with Crippen molar-refractivity contribution in [3.63, 3.8) is 0 Å². The lowest BCUT2D eigenvalue weighted by Gasteiger charge is -2.28. The standard InChI is InChI=1S/C12H23N/c1-6-9-13(10-7-2)12(5)11(4)8-3/h6,12H,1,4,7-10H2,2-3,5H3. The summed E-state index contributed by atoms with van der Waals surface area (Å²) in [5.74, 6) is 0.